The molecule has 2 rings (SSSR count). The van der Waals surface area contributed by atoms with Crippen LogP contribution in [-0.2, 0) is 6.61 Å². The summed E-state index contributed by atoms with van der Waals surface area (Å²) >= 11 is 3.32. The minimum atomic E-state index is -0.286. The number of fused-ring (bicyclic) bond motifs is 1. The van der Waals surface area contributed by atoms with Crippen molar-refractivity contribution in [2.75, 3.05) is 0 Å². The van der Waals surface area contributed by atoms with Crippen LogP contribution in [0, 0.1) is 5.82 Å². The fourth-order valence-electron chi connectivity index (χ4n) is 1.30. The van der Waals surface area contributed by atoms with Crippen LogP contribution in [0.15, 0.2) is 22.7 Å². The summed E-state index contributed by atoms with van der Waals surface area (Å²) in [5.41, 5.74) is 1.36. The van der Waals surface area contributed by atoms with E-state index >= 15 is 0 Å². The minimum Gasteiger partial charge on any atom is -0.390 e. The van der Waals surface area contributed by atoms with Gasteiger partial charge in [-0.3, -0.25) is 0 Å². The molecule has 0 atom stereocenters. The van der Waals surface area contributed by atoms with Gasteiger partial charge in [0.15, 0.2) is 0 Å². The van der Waals surface area contributed by atoms with Crippen LogP contribution >= 0.6 is 15.9 Å². The first-order chi connectivity index (χ1) is 6.22. The van der Waals surface area contributed by atoms with Crippen molar-refractivity contribution >= 4 is 26.8 Å². The van der Waals surface area contributed by atoms with E-state index in [0.717, 1.165) is 9.86 Å². The molecule has 4 heteroatoms. The van der Waals surface area contributed by atoms with Crippen LogP contribution in [0.4, 0.5) is 4.39 Å². The number of aliphatic hydroxyl groups excluding tert-OH is 1. The van der Waals surface area contributed by atoms with Crippen molar-refractivity contribution < 1.29 is 9.50 Å². The average molecular weight is 244 g/mol. The fourth-order valence-corrected chi connectivity index (χ4v) is 1.87. The van der Waals surface area contributed by atoms with Crippen LogP contribution in [0.3, 0.4) is 0 Å². The number of halogens is 2. The number of aromatic nitrogens is 1. The van der Waals surface area contributed by atoms with Gasteiger partial charge in [-0.2, -0.15) is 0 Å². The molecular formula is C9H7BrFNO. The predicted molar refractivity (Wildman–Crippen MR) is 51.9 cm³/mol. The molecule has 13 heavy (non-hydrogen) atoms. The zero-order valence-electron chi connectivity index (χ0n) is 6.64. The van der Waals surface area contributed by atoms with Crippen molar-refractivity contribution in [3.8, 4) is 0 Å². The molecule has 0 aliphatic carbocycles. The van der Waals surface area contributed by atoms with Crippen LogP contribution in [0.25, 0.3) is 10.9 Å². The van der Waals surface area contributed by atoms with Gasteiger partial charge in [0.2, 0.25) is 0 Å². The molecule has 1 heterocycles. The van der Waals surface area contributed by atoms with Crippen molar-refractivity contribution in [2.24, 2.45) is 0 Å². The summed E-state index contributed by atoms with van der Waals surface area (Å²) in [5.74, 6) is -0.286. The number of aliphatic hydroxyl groups is 1. The number of hydrogen-bond donors (Lipinski definition) is 2. The SMILES string of the molecule is OCc1[nH]c2cc(F)ccc2c1Br. The summed E-state index contributed by atoms with van der Waals surface area (Å²) < 4.78 is 13.6. The lowest BCUT2D eigenvalue weighted by atomic mass is 10.2. The van der Waals surface area contributed by atoms with Gasteiger partial charge in [-0.25, -0.2) is 4.39 Å². The second kappa shape index (κ2) is 3.12. The first-order valence-electron chi connectivity index (χ1n) is 3.79. The molecule has 2 N–H and O–H groups in total. The number of aromatic amines is 1. The molecule has 0 unspecified atom stereocenters. The second-order valence-corrected chi connectivity index (χ2v) is 3.56. The number of hydrogen-bond acceptors (Lipinski definition) is 1. The Labute approximate surface area is 82.5 Å². The first-order valence-corrected chi connectivity index (χ1v) is 4.58. The van der Waals surface area contributed by atoms with E-state index in [0.29, 0.717) is 11.2 Å². The highest BCUT2D eigenvalue weighted by Gasteiger charge is 2.07. The molecular weight excluding hydrogens is 237 g/mol. The third-order valence-electron chi connectivity index (χ3n) is 1.93. The van der Waals surface area contributed by atoms with Crippen molar-refractivity contribution in [3.63, 3.8) is 0 Å². The van der Waals surface area contributed by atoms with Gasteiger partial charge >= 0.3 is 0 Å². The Morgan fingerprint density at radius 2 is 2.23 bits per heavy atom. The molecule has 68 valence electrons. The third kappa shape index (κ3) is 1.36. The number of rotatable bonds is 1. The van der Waals surface area contributed by atoms with E-state index in [1.807, 2.05) is 0 Å². The van der Waals surface area contributed by atoms with E-state index in [-0.39, 0.29) is 12.4 Å². The second-order valence-electron chi connectivity index (χ2n) is 2.77. The lowest BCUT2D eigenvalue weighted by molar-refractivity contribution is 0.277. The van der Waals surface area contributed by atoms with E-state index < -0.39 is 0 Å². The molecule has 0 aliphatic heterocycles. The highest BCUT2D eigenvalue weighted by molar-refractivity contribution is 9.10. The van der Waals surface area contributed by atoms with Gasteiger partial charge in [-0.05, 0) is 34.1 Å². The van der Waals surface area contributed by atoms with Crippen LogP contribution in [0.1, 0.15) is 5.69 Å². The summed E-state index contributed by atoms with van der Waals surface area (Å²) in [5, 5.41) is 9.81. The summed E-state index contributed by atoms with van der Waals surface area (Å²) in [4.78, 5) is 2.92. The topological polar surface area (TPSA) is 36.0 Å². The Hall–Kier alpha value is -0.870. The quantitative estimate of drug-likeness (QED) is 0.794. The van der Waals surface area contributed by atoms with Gasteiger partial charge < -0.3 is 10.1 Å². The average Bonchev–Trinajstić information content (AvgIpc) is 2.42. The van der Waals surface area contributed by atoms with Gasteiger partial charge in [-0.15, -0.1) is 0 Å². The van der Waals surface area contributed by atoms with Gasteiger partial charge in [0.1, 0.15) is 5.82 Å². The Morgan fingerprint density at radius 1 is 1.46 bits per heavy atom. The smallest absolute Gasteiger partial charge is 0.125 e. The molecule has 1 aromatic heterocycles. The minimum absolute atomic E-state index is 0.0864. The Bertz CT molecular complexity index is 452. The van der Waals surface area contributed by atoms with Crippen molar-refractivity contribution in [1.29, 1.82) is 0 Å². The van der Waals surface area contributed by atoms with Crippen molar-refractivity contribution in [1.82, 2.24) is 4.98 Å². The summed E-state index contributed by atoms with van der Waals surface area (Å²) in [6.45, 7) is -0.0864. The van der Waals surface area contributed by atoms with Crippen LogP contribution < -0.4 is 0 Å². The first kappa shape index (κ1) is 8.72. The summed E-state index contributed by atoms with van der Waals surface area (Å²) in [6.07, 6.45) is 0. The summed E-state index contributed by atoms with van der Waals surface area (Å²) in [6, 6.07) is 4.46. The van der Waals surface area contributed by atoms with E-state index in [2.05, 4.69) is 20.9 Å². The van der Waals surface area contributed by atoms with Gasteiger partial charge in [0.25, 0.3) is 0 Å². The molecule has 0 amide bonds. The molecule has 0 saturated carbocycles. The standard InChI is InChI=1S/C9H7BrFNO/c10-9-6-2-1-5(11)3-7(6)12-8(9)4-13/h1-3,12-13H,4H2. The molecule has 0 saturated heterocycles. The Balaban J connectivity index is 2.76. The molecule has 1 aromatic carbocycles. The zero-order valence-corrected chi connectivity index (χ0v) is 8.23. The molecule has 0 bridgehead atoms. The number of nitrogens with one attached hydrogen (secondary N) is 1. The largest absolute Gasteiger partial charge is 0.390 e. The Kier molecular flexibility index (Phi) is 2.09. The highest BCUT2D eigenvalue weighted by Crippen LogP contribution is 2.28. The molecule has 0 aliphatic rings. The molecule has 2 aromatic rings. The number of H-pyrrole nitrogens is 1. The number of benzene rings is 1. The predicted octanol–water partition coefficient (Wildman–Crippen LogP) is 2.56. The van der Waals surface area contributed by atoms with Crippen molar-refractivity contribution in [2.45, 2.75) is 6.61 Å². The van der Waals surface area contributed by atoms with Crippen LogP contribution in [-0.4, -0.2) is 10.1 Å². The molecule has 0 fully saturated rings. The molecule has 0 spiro atoms. The maximum atomic E-state index is 12.8. The lowest BCUT2D eigenvalue weighted by Crippen LogP contribution is -1.81. The third-order valence-corrected chi connectivity index (χ3v) is 2.83. The normalized spacial score (nSPS) is 11.0. The van der Waals surface area contributed by atoms with E-state index in [9.17, 15) is 4.39 Å². The Morgan fingerprint density at radius 3 is 2.92 bits per heavy atom. The van der Waals surface area contributed by atoms with Gasteiger partial charge in [-0.1, -0.05) is 0 Å². The van der Waals surface area contributed by atoms with Gasteiger partial charge in [0, 0.05) is 15.4 Å². The monoisotopic (exact) mass is 243 g/mol. The maximum absolute atomic E-state index is 12.8. The fraction of sp³-hybridized carbons (Fsp3) is 0.111. The molecule has 2 nitrogen and oxygen atoms in total. The zero-order chi connectivity index (χ0) is 9.42. The lowest BCUT2D eigenvalue weighted by Gasteiger charge is -1.89. The highest BCUT2D eigenvalue weighted by atomic mass is 79.9. The van der Waals surface area contributed by atoms with Gasteiger partial charge in [0.05, 0.1) is 12.3 Å². The van der Waals surface area contributed by atoms with E-state index in [1.165, 1.54) is 12.1 Å². The van der Waals surface area contributed by atoms with E-state index in [4.69, 9.17) is 5.11 Å². The van der Waals surface area contributed by atoms with Crippen LogP contribution in [0.5, 0.6) is 0 Å². The van der Waals surface area contributed by atoms with Crippen LogP contribution in [0.2, 0.25) is 0 Å². The van der Waals surface area contributed by atoms with Crippen molar-refractivity contribution in [3.05, 3.63) is 34.2 Å². The molecule has 0 radical (unpaired) electrons. The van der Waals surface area contributed by atoms with E-state index in [1.54, 1.807) is 6.07 Å². The maximum Gasteiger partial charge on any atom is 0.125 e. The summed E-state index contributed by atoms with van der Waals surface area (Å²) in [7, 11) is 0.